The number of fused-ring (bicyclic) bond motifs is 6. The largest absolute Gasteiger partial charge is 0.507 e. The van der Waals surface area contributed by atoms with Crippen molar-refractivity contribution in [2.24, 2.45) is 0 Å². The number of hydrogen-bond donors (Lipinski definition) is 4. The smallest absolute Gasteiger partial charge is 0.274 e. The first-order chi connectivity index (χ1) is 20.4. The SMILES string of the molecule is COc1ccc2cc1C(=O)NCCCN(C(=O)c1cn3c(n1)CCNCC3)CCCC(=O)NCCc1ccc(O)c-2c1. The van der Waals surface area contributed by atoms with Crippen LogP contribution in [0.25, 0.3) is 11.1 Å². The van der Waals surface area contributed by atoms with Crippen LogP contribution < -0.4 is 20.7 Å². The van der Waals surface area contributed by atoms with Gasteiger partial charge in [-0.2, -0.15) is 0 Å². The Morgan fingerprint density at radius 2 is 1.76 bits per heavy atom. The Labute approximate surface area is 245 Å². The van der Waals surface area contributed by atoms with Crippen LogP contribution in [0.1, 0.15) is 51.5 Å². The van der Waals surface area contributed by atoms with E-state index >= 15 is 0 Å². The number of carbonyl (C=O) groups excluding carboxylic acids is 3. The number of phenols is 1. The lowest BCUT2D eigenvalue weighted by atomic mass is 9.98. The van der Waals surface area contributed by atoms with E-state index in [1.54, 1.807) is 29.2 Å². The minimum absolute atomic E-state index is 0.0763. The molecule has 4 N–H and O–H groups in total. The number of amides is 3. The molecule has 0 aliphatic carbocycles. The fourth-order valence-corrected chi connectivity index (χ4v) is 5.41. The predicted molar refractivity (Wildman–Crippen MR) is 158 cm³/mol. The zero-order valence-corrected chi connectivity index (χ0v) is 23.9. The van der Waals surface area contributed by atoms with Crippen molar-refractivity contribution in [3.63, 3.8) is 0 Å². The van der Waals surface area contributed by atoms with E-state index in [1.165, 1.54) is 7.11 Å². The molecule has 2 aliphatic heterocycles. The van der Waals surface area contributed by atoms with Crippen LogP contribution in [0.5, 0.6) is 11.5 Å². The number of benzene rings is 2. The lowest BCUT2D eigenvalue weighted by Crippen LogP contribution is -2.36. The zero-order chi connectivity index (χ0) is 29.5. The fraction of sp³-hybridized carbons (Fsp3) is 0.419. The van der Waals surface area contributed by atoms with Crippen LogP contribution in [-0.4, -0.2) is 83.7 Å². The molecule has 0 fully saturated rings. The van der Waals surface area contributed by atoms with Crippen molar-refractivity contribution in [2.75, 3.05) is 46.4 Å². The van der Waals surface area contributed by atoms with E-state index < -0.39 is 0 Å². The Balaban J connectivity index is 1.36. The molecule has 5 rings (SSSR count). The molecule has 0 unspecified atom stereocenters. The predicted octanol–water partition coefficient (Wildman–Crippen LogP) is 2.12. The van der Waals surface area contributed by atoms with Crippen LogP contribution in [0.2, 0.25) is 0 Å². The van der Waals surface area contributed by atoms with Crippen molar-refractivity contribution in [2.45, 2.75) is 38.6 Å². The van der Waals surface area contributed by atoms with Gasteiger partial charge < -0.3 is 35.3 Å². The normalized spacial score (nSPS) is 17.0. The lowest BCUT2D eigenvalue weighted by molar-refractivity contribution is -0.121. The van der Waals surface area contributed by atoms with Gasteiger partial charge in [-0.3, -0.25) is 14.4 Å². The van der Waals surface area contributed by atoms with Crippen molar-refractivity contribution in [1.82, 2.24) is 30.4 Å². The monoisotopic (exact) mass is 574 g/mol. The maximum atomic E-state index is 13.5. The third kappa shape index (κ3) is 6.91. The summed E-state index contributed by atoms with van der Waals surface area (Å²) in [6, 6.07) is 10.5. The first-order valence-corrected chi connectivity index (χ1v) is 14.5. The summed E-state index contributed by atoms with van der Waals surface area (Å²) in [4.78, 5) is 45.7. The Morgan fingerprint density at radius 1 is 0.905 bits per heavy atom. The molecule has 2 aromatic carbocycles. The van der Waals surface area contributed by atoms with Crippen molar-refractivity contribution in [1.29, 1.82) is 0 Å². The van der Waals surface area contributed by atoms with Crippen LogP contribution in [0, 0.1) is 0 Å². The number of methoxy groups -OCH3 is 1. The number of phenolic OH excluding ortho intramolecular Hbond substituents is 1. The number of imidazole rings is 1. The summed E-state index contributed by atoms with van der Waals surface area (Å²) in [5.74, 6) is 0.860. The zero-order valence-electron chi connectivity index (χ0n) is 23.9. The Bertz CT molecular complexity index is 1430. The van der Waals surface area contributed by atoms with E-state index in [2.05, 4.69) is 20.9 Å². The van der Waals surface area contributed by atoms with Crippen LogP contribution >= 0.6 is 0 Å². The molecular weight excluding hydrogens is 536 g/mol. The number of rotatable bonds is 2. The first-order valence-electron chi connectivity index (χ1n) is 14.5. The molecule has 0 saturated carbocycles. The number of hydrogen-bond acceptors (Lipinski definition) is 7. The standard InChI is InChI=1S/C31H38N6O5/c1-42-27-8-6-22-19-24(27)30(40)34-11-3-16-36(31(41)25-20-37-17-14-32-12-10-28(37)35-25)15-2-4-29(39)33-13-9-21-5-7-26(38)23(22)18-21/h5-8,18-20,32,38H,2-4,9-17H2,1H3,(H,33,39)(H,34,40). The van der Waals surface area contributed by atoms with E-state index in [0.29, 0.717) is 80.0 Å². The number of aromatic hydroxyl groups is 1. The number of nitrogens with one attached hydrogen (secondary N) is 3. The molecule has 0 saturated heterocycles. The summed E-state index contributed by atoms with van der Waals surface area (Å²) in [7, 11) is 1.51. The van der Waals surface area contributed by atoms with Crippen molar-refractivity contribution in [3.8, 4) is 22.6 Å². The van der Waals surface area contributed by atoms with Crippen LogP contribution in [0.15, 0.2) is 42.6 Å². The van der Waals surface area contributed by atoms with Gasteiger partial charge in [-0.1, -0.05) is 12.1 Å². The molecule has 3 heterocycles. The third-order valence-corrected chi connectivity index (χ3v) is 7.69. The highest BCUT2D eigenvalue weighted by Crippen LogP contribution is 2.33. The molecule has 0 spiro atoms. The highest BCUT2D eigenvalue weighted by Gasteiger charge is 2.22. The highest BCUT2D eigenvalue weighted by atomic mass is 16.5. The molecule has 2 aliphatic rings. The summed E-state index contributed by atoms with van der Waals surface area (Å²) in [6.45, 7) is 4.00. The Kier molecular flexibility index (Phi) is 9.38. The summed E-state index contributed by atoms with van der Waals surface area (Å²) in [5, 5.41) is 19.8. The van der Waals surface area contributed by atoms with Gasteiger partial charge in [0.2, 0.25) is 5.91 Å². The van der Waals surface area contributed by atoms with Gasteiger partial charge in [-0.25, -0.2) is 4.98 Å². The molecule has 0 atom stereocenters. The van der Waals surface area contributed by atoms with E-state index in [0.717, 1.165) is 37.4 Å². The minimum Gasteiger partial charge on any atom is -0.507 e. The molecule has 3 amide bonds. The molecule has 1 aromatic heterocycles. The summed E-state index contributed by atoms with van der Waals surface area (Å²) in [6.07, 6.45) is 4.47. The van der Waals surface area contributed by atoms with Gasteiger partial charge in [0.15, 0.2) is 0 Å². The van der Waals surface area contributed by atoms with Crippen molar-refractivity contribution >= 4 is 17.7 Å². The molecule has 11 heteroatoms. The molecule has 11 nitrogen and oxygen atoms in total. The average molecular weight is 575 g/mol. The third-order valence-electron chi connectivity index (χ3n) is 7.69. The van der Waals surface area contributed by atoms with E-state index in [9.17, 15) is 19.5 Å². The molecule has 222 valence electrons. The summed E-state index contributed by atoms with van der Waals surface area (Å²) >= 11 is 0. The lowest BCUT2D eigenvalue weighted by Gasteiger charge is -2.22. The fourth-order valence-electron chi connectivity index (χ4n) is 5.41. The number of carbonyl (C=O) groups is 3. The van der Waals surface area contributed by atoms with Gasteiger partial charge in [0, 0.05) is 70.4 Å². The molecular formula is C31H38N6O5. The Morgan fingerprint density at radius 3 is 2.62 bits per heavy atom. The molecule has 3 aromatic rings. The van der Waals surface area contributed by atoms with Gasteiger partial charge in [0.25, 0.3) is 11.8 Å². The van der Waals surface area contributed by atoms with E-state index in [4.69, 9.17) is 4.74 Å². The van der Waals surface area contributed by atoms with Gasteiger partial charge in [0.05, 0.1) is 12.7 Å². The van der Waals surface area contributed by atoms with Crippen molar-refractivity contribution in [3.05, 3.63) is 65.2 Å². The second-order valence-corrected chi connectivity index (χ2v) is 10.6. The number of nitrogens with zero attached hydrogens (tertiary/aromatic N) is 3. The molecule has 0 radical (unpaired) electrons. The average Bonchev–Trinajstić information content (AvgIpc) is 3.27. The second kappa shape index (κ2) is 13.5. The summed E-state index contributed by atoms with van der Waals surface area (Å²) < 4.78 is 7.48. The van der Waals surface area contributed by atoms with Crippen LogP contribution in [0.3, 0.4) is 0 Å². The Hall–Kier alpha value is -4.38. The topological polar surface area (TPSA) is 138 Å². The maximum absolute atomic E-state index is 13.5. The minimum atomic E-state index is -0.304. The van der Waals surface area contributed by atoms with Crippen LogP contribution in [0.4, 0.5) is 0 Å². The van der Waals surface area contributed by atoms with Gasteiger partial charge in [-0.15, -0.1) is 0 Å². The van der Waals surface area contributed by atoms with Gasteiger partial charge >= 0.3 is 0 Å². The molecule has 42 heavy (non-hydrogen) atoms. The highest BCUT2D eigenvalue weighted by molar-refractivity contribution is 5.98. The maximum Gasteiger partial charge on any atom is 0.274 e. The summed E-state index contributed by atoms with van der Waals surface area (Å²) in [5.41, 5.74) is 2.97. The van der Waals surface area contributed by atoms with Crippen LogP contribution in [-0.2, 0) is 24.2 Å². The second-order valence-electron chi connectivity index (χ2n) is 10.6. The van der Waals surface area contributed by atoms with Gasteiger partial charge in [0.1, 0.15) is 23.0 Å². The quantitative estimate of drug-likeness (QED) is 0.368. The number of aromatic nitrogens is 2. The first kappa shape index (κ1) is 29.1. The number of ether oxygens (including phenoxy) is 1. The van der Waals surface area contributed by atoms with E-state index in [1.807, 2.05) is 22.9 Å². The van der Waals surface area contributed by atoms with E-state index in [-0.39, 0.29) is 23.5 Å². The van der Waals surface area contributed by atoms with Crippen molar-refractivity contribution < 1.29 is 24.2 Å². The molecule has 4 bridgehead atoms. The van der Waals surface area contributed by atoms with Gasteiger partial charge in [-0.05, 0) is 54.7 Å².